The van der Waals surface area contributed by atoms with Crippen LogP contribution >= 0.6 is 0 Å². The molecule has 0 atom stereocenters. The molecule has 1 heterocycles. The lowest BCUT2D eigenvalue weighted by molar-refractivity contribution is 0.199. The zero-order valence-corrected chi connectivity index (χ0v) is 12.0. The summed E-state index contributed by atoms with van der Waals surface area (Å²) >= 11 is 0. The van der Waals surface area contributed by atoms with Crippen LogP contribution in [-0.4, -0.2) is 44.5 Å². The van der Waals surface area contributed by atoms with Gasteiger partial charge < -0.3 is 10.6 Å². The van der Waals surface area contributed by atoms with Crippen LogP contribution in [0.25, 0.3) is 0 Å². The lowest BCUT2D eigenvalue weighted by atomic mass is 10.1. The minimum Gasteiger partial charge on any atom is -0.384 e. The van der Waals surface area contributed by atoms with Gasteiger partial charge in [0.25, 0.3) is 0 Å². The van der Waals surface area contributed by atoms with Crippen molar-refractivity contribution in [3.8, 4) is 0 Å². The van der Waals surface area contributed by atoms with Crippen molar-refractivity contribution in [2.24, 2.45) is 0 Å². The largest absolute Gasteiger partial charge is 0.384 e. The number of nitrogen functional groups attached to an aromatic ring is 1. The number of pyridine rings is 1. The van der Waals surface area contributed by atoms with Crippen LogP contribution in [0.15, 0.2) is 23.2 Å². The standard InChI is InChI=1S/C11H20N4O2S/c1-11(2,15(3)4)8-14-18(16,17)9-5-6-10(12)13-7-9/h5-7,14H,8H2,1-4H3,(H2,12,13). The molecule has 0 spiro atoms. The second-order valence-corrected chi connectivity index (χ2v) is 6.72. The van der Waals surface area contributed by atoms with E-state index in [-0.39, 0.29) is 10.4 Å². The molecule has 7 heteroatoms. The molecule has 0 aromatic carbocycles. The van der Waals surface area contributed by atoms with Crippen molar-refractivity contribution in [2.75, 3.05) is 26.4 Å². The quantitative estimate of drug-likeness (QED) is 0.804. The Labute approximate surface area is 108 Å². The maximum Gasteiger partial charge on any atom is 0.242 e. The highest BCUT2D eigenvalue weighted by Crippen LogP contribution is 2.12. The molecule has 1 rings (SSSR count). The third-order valence-electron chi connectivity index (χ3n) is 2.97. The highest BCUT2D eigenvalue weighted by atomic mass is 32.2. The zero-order chi connectivity index (χ0) is 14.0. The van der Waals surface area contributed by atoms with Crippen LogP contribution in [0.5, 0.6) is 0 Å². The summed E-state index contributed by atoms with van der Waals surface area (Å²) in [6.07, 6.45) is 1.25. The summed E-state index contributed by atoms with van der Waals surface area (Å²) in [5, 5.41) is 0. The molecule has 0 saturated carbocycles. The average molecular weight is 272 g/mol. The van der Waals surface area contributed by atoms with Gasteiger partial charge in [0.15, 0.2) is 0 Å². The van der Waals surface area contributed by atoms with Crippen molar-refractivity contribution in [2.45, 2.75) is 24.3 Å². The summed E-state index contributed by atoms with van der Waals surface area (Å²) in [4.78, 5) is 5.85. The molecule has 0 amide bonds. The predicted octanol–water partition coefficient (Wildman–Crippen LogP) is 0.282. The normalized spacial score (nSPS) is 12.9. The Hall–Kier alpha value is -1.18. The molecule has 0 aliphatic carbocycles. The molecule has 0 unspecified atom stereocenters. The van der Waals surface area contributed by atoms with Crippen molar-refractivity contribution in [1.29, 1.82) is 0 Å². The van der Waals surface area contributed by atoms with Crippen LogP contribution in [0.2, 0.25) is 0 Å². The number of likely N-dealkylation sites (N-methyl/N-ethyl adjacent to an activating group) is 1. The van der Waals surface area contributed by atoms with Gasteiger partial charge in [0.05, 0.1) is 0 Å². The van der Waals surface area contributed by atoms with Crippen molar-refractivity contribution in [1.82, 2.24) is 14.6 Å². The van der Waals surface area contributed by atoms with E-state index in [0.29, 0.717) is 12.4 Å². The van der Waals surface area contributed by atoms with E-state index in [2.05, 4.69) is 9.71 Å². The minimum absolute atomic E-state index is 0.117. The van der Waals surface area contributed by atoms with E-state index >= 15 is 0 Å². The van der Waals surface area contributed by atoms with Crippen LogP contribution in [-0.2, 0) is 10.0 Å². The molecule has 0 radical (unpaired) electrons. The van der Waals surface area contributed by atoms with E-state index < -0.39 is 10.0 Å². The summed E-state index contributed by atoms with van der Waals surface area (Å²) in [7, 11) is 0.265. The van der Waals surface area contributed by atoms with Crippen LogP contribution in [0.4, 0.5) is 5.82 Å². The van der Waals surface area contributed by atoms with Gasteiger partial charge in [-0.25, -0.2) is 18.1 Å². The number of aromatic nitrogens is 1. The molecule has 1 aromatic rings. The van der Waals surface area contributed by atoms with Gasteiger partial charge in [0, 0.05) is 18.3 Å². The fraction of sp³-hybridized carbons (Fsp3) is 0.545. The smallest absolute Gasteiger partial charge is 0.242 e. The summed E-state index contributed by atoms with van der Waals surface area (Å²) in [5.74, 6) is 0.294. The van der Waals surface area contributed by atoms with E-state index in [9.17, 15) is 8.42 Å². The minimum atomic E-state index is -3.54. The maximum absolute atomic E-state index is 12.0. The molecular formula is C11H20N4O2S. The van der Waals surface area contributed by atoms with E-state index in [1.807, 2.05) is 32.8 Å². The van der Waals surface area contributed by atoms with Gasteiger partial charge in [-0.05, 0) is 40.1 Å². The third kappa shape index (κ3) is 3.66. The monoisotopic (exact) mass is 272 g/mol. The Morgan fingerprint density at radius 1 is 1.39 bits per heavy atom. The first kappa shape index (κ1) is 14.9. The zero-order valence-electron chi connectivity index (χ0n) is 11.1. The summed E-state index contributed by atoms with van der Waals surface area (Å²) in [6, 6.07) is 2.90. The number of hydrogen-bond donors (Lipinski definition) is 2. The van der Waals surface area contributed by atoms with E-state index in [0.717, 1.165) is 0 Å². The Balaban J connectivity index is 2.81. The second-order valence-electron chi connectivity index (χ2n) is 4.95. The fourth-order valence-corrected chi connectivity index (χ4v) is 2.21. The van der Waals surface area contributed by atoms with Gasteiger partial charge in [-0.2, -0.15) is 0 Å². The van der Waals surface area contributed by atoms with Gasteiger partial charge in [-0.1, -0.05) is 0 Å². The number of nitrogens with one attached hydrogen (secondary N) is 1. The molecule has 3 N–H and O–H groups in total. The summed E-state index contributed by atoms with van der Waals surface area (Å²) in [6.45, 7) is 4.22. The van der Waals surface area contributed by atoms with Gasteiger partial charge in [0.2, 0.25) is 10.0 Å². The SMILES string of the molecule is CN(C)C(C)(C)CNS(=O)(=O)c1ccc(N)nc1. The average Bonchev–Trinajstić information content (AvgIpc) is 2.27. The van der Waals surface area contributed by atoms with E-state index in [4.69, 9.17) is 5.73 Å². The lowest BCUT2D eigenvalue weighted by Gasteiger charge is -2.32. The first-order valence-corrected chi connectivity index (χ1v) is 7.02. The van der Waals surface area contributed by atoms with Crippen molar-refractivity contribution in [3.63, 3.8) is 0 Å². The Morgan fingerprint density at radius 2 is 2.00 bits per heavy atom. The molecular weight excluding hydrogens is 252 g/mol. The van der Waals surface area contributed by atoms with Crippen LogP contribution in [0.3, 0.4) is 0 Å². The van der Waals surface area contributed by atoms with E-state index in [1.54, 1.807) is 0 Å². The molecule has 18 heavy (non-hydrogen) atoms. The van der Waals surface area contributed by atoms with E-state index in [1.165, 1.54) is 18.3 Å². The Bertz CT molecular complexity index is 494. The number of anilines is 1. The fourth-order valence-electron chi connectivity index (χ4n) is 1.06. The van der Waals surface area contributed by atoms with Gasteiger partial charge in [-0.15, -0.1) is 0 Å². The van der Waals surface area contributed by atoms with Crippen LogP contribution in [0.1, 0.15) is 13.8 Å². The van der Waals surface area contributed by atoms with Crippen molar-refractivity contribution >= 4 is 15.8 Å². The summed E-state index contributed by atoms with van der Waals surface area (Å²) in [5.41, 5.74) is 5.15. The second kappa shape index (κ2) is 5.21. The molecule has 102 valence electrons. The highest BCUT2D eigenvalue weighted by Gasteiger charge is 2.24. The van der Waals surface area contributed by atoms with Crippen LogP contribution in [0, 0.1) is 0 Å². The number of nitrogens with two attached hydrogens (primary N) is 1. The molecule has 6 nitrogen and oxygen atoms in total. The van der Waals surface area contributed by atoms with Crippen LogP contribution < -0.4 is 10.5 Å². The van der Waals surface area contributed by atoms with Gasteiger partial charge >= 0.3 is 0 Å². The lowest BCUT2D eigenvalue weighted by Crippen LogP contribution is -2.48. The molecule has 0 aliphatic heterocycles. The molecule has 1 aromatic heterocycles. The van der Waals surface area contributed by atoms with Gasteiger partial charge in [0.1, 0.15) is 10.7 Å². The predicted molar refractivity (Wildman–Crippen MR) is 71.6 cm³/mol. The van der Waals surface area contributed by atoms with Gasteiger partial charge in [-0.3, -0.25) is 0 Å². The Morgan fingerprint density at radius 3 is 2.44 bits per heavy atom. The Kier molecular flexibility index (Phi) is 4.31. The third-order valence-corrected chi connectivity index (χ3v) is 4.36. The highest BCUT2D eigenvalue weighted by molar-refractivity contribution is 7.89. The maximum atomic E-state index is 12.0. The first-order valence-electron chi connectivity index (χ1n) is 5.54. The number of nitrogens with zero attached hydrogens (tertiary/aromatic N) is 2. The first-order chi connectivity index (χ1) is 8.15. The summed E-state index contributed by atoms with van der Waals surface area (Å²) < 4.78 is 26.6. The molecule has 0 fully saturated rings. The molecule has 0 bridgehead atoms. The van der Waals surface area contributed by atoms with Crippen molar-refractivity contribution in [3.05, 3.63) is 18.3 Å². The molecule has 0 saturated heterocycles. The molecule has 0 aliphatic rings. The topological polar surface area (TPSA) is 88.3 Å². The number of hydrogen-bond acceptors (Lipinski definition) is 5. The number of sulfonamides is 1. The van der Waals surface area contributed by atoms with Crippen molar-refractivity contribution < 1.29 is 8.42 Å². The number of rotatable bonds is 5.